The molecule has 0 amide bonds. The standard InChI is InChI=1S/C18H15N3O6S/c1-12(22)26-15-8-4-2-6-13(15)11-28-18-20-19-17(27-18)10-25-16-9-5-3-7-14(16)21(23)24/h2-9H,10-11H2,1H3. The van der Waals surface area contributed by atoms with E-state index in [4.69, 9.17) is 13.9 Å². The van der Waals surface area contributed by atoms with Gasteiger partial charge in [0, 0.05) is 24.3 Å². The Morgan fingerprint density at radius 3 is 2.61 bits per heavy atom. The van der Waals surface area contributed by atoms with Crippen molar-refractivity contribution >= 4 is 23.4 Å². The third-order valence-electron chi connectivity index (χ3n) is 3.44. The number of hydrogen-bond acceptors (Lipinski definition) is 9. The van der Waals surface area contributed by atoms with E-state index in [1.54, 1.807) is 24.3 Å². The molecule has 0 atom stereocenters. The average Bonchev–Trinajstić information content (AvgIpc) is 3.13. The third-order valence-corrected chi connectivity index (χ3v) is 4.31. The zero-order valence-electron chi connectivity index (χ0n) is 14.7. The summed E-state index contributed by atoms with van der Waals surface area (Å²) in [4.78, 5) is 21.6. The van der Waals surface area contributed by atoms with Crippen molar-refractivity contribution in [3.63, 3.8) is 0 Å². The number of para-hydroxylation sites is 3. The van der Waals surface area contributed by atoms with Crippen molar-refractivity contribution in [2.75, 3.05) is 0 Å². The average molecular weight is 401 g/mol. The minimum Gasteiger partial charge on any atom is -0.477 e. The van der Waals surface area contributed by atoms with E-state index in [9.17, 15) is 14.9 Å². The Bertz CT molecular complexity index is 991. The first-order valence-electron chi connectivity index (χ1n) is 8.10. The zero-order valence-corrected chi connectivity index (χ0v) is 15.5. The molecule has 9 nitrogen and oxygen atoms in total. The van der Waals surface area contributed by atoms with Crippen LogP contribution in [0.25, 0.3) is 0 Å². The van der Waals surface area contributed by atoms with Gasteiger partial charge in [-0.3, -0.25) is 14.9 Å². The fourth-order valence-corrected chi connectivity index (χ4v) is 3.01. The fourth-order valence-electron chi connectivity index (χ4n) is 2.24. The molecule has 0 spiro atoms. The first kappa shape index (κ1) is 19.4. The van der Waals surface area contributed by atoms with Crippen LogP contribution in [0.3, 0.4) is 0 Å². The summed E-state index contributed by atoms with van der Waals surface area (Å²) in [6.45, 7) is 1.24. The van der Waals surface area contributed by atoms with Crippen molar-refractivity contribution in [3.05, 3.63) is 70.1 Å². The van der Waals surface area contributed by atoms with Gasteiger partial charge in [0.25, 0.3) is 11.1 Å². The second-order valence-electron chi connectivity index (χ2n) is 5.47. The maximum absolute atomic E-state index is 11.2. The van der Waals surface area contributed by atoms with E-state index in [-0.39, 0.29) is 23.9 Å². The predicted molar refractivity (Wildman–Crippen MR) is 99.0 cm³/mol. The Hall–Kier alpha value is -3.40. The number of aromatic nitrogens is 2. The molecule has 144 valence electrons. The summed E-state index contributed by atoms with van der Waals surface area (Å²) in [6, 6.07) is 13.2. The number of carbonyl (C=O) groups is 1. The summed E-state index contributed by atoms with van der Waals surface area (Å²) >= 11 is 1.27. The van der Waals surface area contributed by atoms with Gasteiger partial charge in [-0.15, -0.1) is 10.2 Å². The van der Waals surface area contributed by atoms with E-state index in [0.717, 1.165) is 5.56 Å². The lowest BCUT2D eigenvalue weighted by Gasteiger charge is -2.07. The van der Waals surface area contributed by atoms with E-state index < -0.39 is 10.9 Å². The minimum atomic E-state index is -0.523. The Balaban J connectivity index is 1.60. The number of carbonyl (C=O) groups excluding carboxylic acids is 1. The Morgan fingerprint density at radius 1 is 1.14 bits per heavy atom. The van der Waals surface area contributed by atoms with Gasteiger partial charge in [0.05, 0.1) is 4.92 Å². The van der Waals surface area contributed by atoms with E-state index in [0.29, 0.717) is 16.7 Å². The Kier molecular flexibility index (Phi) is 6.22. The highest BCUT2D eigenvalue weighted by Crippen LogP contribution is 2.29. The fraction of sp³-hybridized carbons (Fsp3) is 0.167. The van der Waals surface area contributed by atoms with E-state index in [1.165, 1.54) is 30.8 Å². The summed E-state index contributed by atoms with van der Waals surface area (Å²) in [5.41, 5.74) is 0.664. The lowest BCUT2D eigenvalue weighted by Crippen LogP contribution is -2.03. The van der Waals surface area contributed by atoms with E-state index in [2.05, 4.69) is 10.2 Å². The highest BCUT2D eigenvalue weighted by atomic mass is 32.2. The van der Waals surface area contributed by atoms with Crippen molar-refractivity contribution in [3.8, 4) is 11.5 Å². The number of ether oxygens (including phenoxy) is 2. The number of esters is 1. The summed E-state index contributed by atoms with van der Waals surface area (Å²) in [5.74, 6) is 0.839. The van der Waals surface area contributed by atoms with Gasteiger partial charge in [-0.25, -0.2) is 0 Å². The van der Waals surface area contributed by atoms with Crippen LogP contribution in [-0.4, -0.2) is 21.1 Å². The maximum Gasteiger partial charge on any atom is 0.310 e. The van der Waals surface area contributed by atoms with E-state index in [1.807, 2.05) is 12.1 Å². The highest BCUT2D eigenvalue weighted by Gasteiger charge is 2.16. The molecule has 3 rings (SSSR count). The molecule has 1 aromatic heterocycles. The van der Waals surface area contributed by atoms with Crippen molar-refractivity contribution < 1.29 is 23.6 Å². The van der Waals surface area contributed by atoms with Crippen LogP contribution in [-0.2, 0) is 17.2 Å². The Labute approximate surface area is 163 Å². The molecule has 1 heterocycles. The molecule has 0 unspecified atom stereocenters. The van der Waals surface area contributed by atoms with Gasteiger partial charge in [-0.2, -0.15) is 0 Å². The number of hydrogen-bond donors (Lipinski definition) is 0. The number of thioether (sulfide) groups is 1. The molecule has 28 heavy (non-hydrogen) atoms. The lowest BCUT2D eigenvalue weighted by molar-refractivity contribution is -0.386. The molecular formula is C18H15N3O6S. The van der Waals surface area contributed by atoms with Gasteiger partial charge in [-0.1, -0.05) is 42.1 Å². The molecule has 3 aromatic rings. The van der Waals surface area contributed by atoms with Gasteiger partial charge < -0.3 is 13.9 Å². The number of benzene rings is 2. The number of nitro benzene ring substituents is 1. The van der Waals surface area contributed by atoms with Crippen LogP contribution in [0.5, 0.6) is 11.5 Å². The molecule has 0 aliphatic heterocycles. The summed E-state index contributed by atoms with van der Waals surface area (Å²) < 4.78 is 16.1. The first-order valence-corrected chi connectivity index (χ1v) is 9.09. The summed E-state index contributed by atoms with van der Waals surface area (Å²) in [5, 5.41) is 19.1. The molecule has 0 radical (unpaired) electrons. The van der Waals surface area contributed by atoms with Gasteiger partial charge in [0.15, 0.2) is 12.4 Å². The van der Waals surface area contributed by atoms with Crippen molar-refractivity contribution in [2.45, 2.75) is 24.5 Å². The molecule has 0 N–H and O–H groups in total. The van der Waals surface area contributed by atoms with Gasteiger partial charge >= 0.3 is 11.7 Å². The van der Waals surface area contributed by atoms with E-state index >= 15 is 0 Å². The zero-order chi connectivity index (χ0) is 19.9. The van der Waals surface area contributed by atoms with Gasteiger partial charge in [-0.05, 0) is 12.1 Å². The van der Waals surface area contributed by atoms with Crippen LogP contribution in [0.15, 0.2) is 58.2 Å². The van der Waals surface area contributed by atoms with Crippen molar-refractivity contribution in [2.24, 2.45) is 0 Å². The van der Waals surface area contributed by atoms with Crippen LogP contribution in [0, 0.1) is 10.1 Å². The molecule has 0 aliphatic carbocycles. The van der Waals surface area contributed by atoms with Crippen LogP contribution >= 0.6 is 11.8 Å². The first-order chi connectivity index (χ1) is 13.5. The second-order valence-corrected chi connectivity index (χ2v) is 6.39. The normalized spacial score (nSPS) is 10.5. The van der Waals surface area contributed by atoms with Crippen molar-refractivity contribution in [1.29, 1.82) is 0 Å². The van der Waals surface area contributed by atoms with Gasteiger partial charge in [0.2, 0.25) is 0 Å². The predicted octanol–water partition coefficient (Wildman–Crippen LogP) is 3.77. The lowest BCUT2D eigenvalue weighted by atomic mass is 10.2. The van der Waals surface area contributed by atoms with Crippen molar-refractivity contribution in [1.82, 2.24) is 10.2 Å². The minimum absolute atomic E-state index is 0.0948. The molecule has 0 fully saturated rings. The molecule has 0 saturated heterocycles. The van der Waals surface area contributed by atoms with Crippen LogP contribution in [0.2, 0.25) is 0 Å². The molecule has 0 aliphatic rings. The van der Waals surface area contributed by atoms with Crippen LogP contribution in [0.4, 0.5) is 5.69 Å². The largest absolute Gasteiger partial charge is 0.477 e. The quantitative estimate of drug-likeness (QED) is 0.183. The number of nitro groups is 1. The van der Waals surface area contributed by atoms with Crippen LogP contribution < -0.4 is 9.47 Å². The highest BCUT2D eigenvalue weighted by molar-refractivity contribution is 7.98. The summed E-state index contributed by atoms with van der Waals surface area (Å²) in [7, 11) is 0. The second kappa shape index (κ2) is 9.00. The topological polar surface area (TPSA) is 118 Å². The molecular weight excluding hydrogens is 386 g/mol. The number of rotatable bonds is 8. The third kappa shape index (κ3) is 5.07. The molecule has 0 saturated carbocycles. The van der Waals surface area contributed by atoms with Crippen LogP contribution in [0.1, 0.15) is 18.4 Å². The maximum atomic E-state index is 11.2. The summed E-state index contributed by atoms with van der Waals surface area (Å²) in [6.07, 6.45) is 0. The number of nitrogens with zero attached hydrogens (tertiary/aromatic N) is 3. The smallest absolute Gasteiger partial charge is 0.310 e. The Morgan fingerprint density at radius 2 is 1.86 bits per heavy atom. The molecule has 10 heteroatoms. The molecule has 0 bridgehead atoms. The molecule has 2 aromatic carbocycles. The monoisotopic (exact) mass is 401 g/mol. The SMILES string of the molecule is CC(=O)Oc1ccccc1CSc1nnc(COc2ccccc2[N+](=O)[O-])o1. The van der Waals surface area contributed by atoms with Gasteiger partial charge in [0.1, 0.15) is 5.75 Å².